The van der Waals surface area contributed by atoms with Gasteiger partial charge in [-0.15, -0.1) is 0 Å². The summed E-state index contributed by atoms with van der Waals surface area (Å²) in [5.74, 6) is -0.603. The molecule has 0 aliphatic carbocycles. The Morgan fingerprint density at radius 3 is 2.60 bits per heavy atom. The van der Waals surface area contributed by atoms with Crippen molar-refractivity contribution in [2.45, 2.75) is 6.04 Å². The quantitative estimate of drug-likeness (QED) is 0.812. The van der Waals surface area contributed by atoms with Crippen LogP contribution >= 0.6 is 0 Å². The van der Waals surface area contributed by atoms with Gasteiger partial charge in [-0.1, -0.05) is 12.1 Å². The Balaban J connectivity index is 1.87. The molecule has 1 aliphatic heterocycles. The third kappa shape index (κ3) is 3.46. The van der Waals surface area contributed by atoms with Crippen molar-refractivity contribution < 1.29 is 13.9 Å². The van der Waals surface area contributed by atoms with E-state index in [1.165, 1.54) is 13.2 Å². The molecule has 0 radical (unpaired) electrons. The Morgan fingerprint density at radius 1 is 1.35 bits per heavy atom. The van der Waals surface area contributed by atoms with Gasteiger partial charge in [0.25, 0.3) is 0 Å². The van der Waals surface area contributed by atoms with Crippen molar-refractivity contribution in [3.63, 3.8) is 0 Å². The van der Waals surface area contributed by atoms with Gasteiger partial charge in [0.2, 0.25) is 0 Å². The van der Waals surface area contributed by atoms with E-state index < -0.39 is 12.0 Å². The predicted octanol–water partition coefficient (Wildman–Crippen LogP) is 0.448. The molecular weight excluding hydrogens is 261 g/mol. The average molecular weight is 281 g/mol. The number of carbonyl (C=O) groups is 1. The topological polar surface area (TPSA) is 58.8 Å². The molecule has 1 unspecified atom stereocenters. The van der Waals surface area contributed by atoms with Crippen molar-refractivity contribution in [1.29, 1.82) is 0 Å². The fourth-order valence-electron chi connectivity index (χ4n) is 2.38. The molecule has 0 bridgehead atoms. The summed E-state index contributed by atoms with van der Waals surface area (Å²) in [7, 11) is 1.33. The van der Waals surface area contributed by atoms with Crippen molar-refractivity contribution in [3.8, 4) is 0 Å². The Kier molecular flexibility index (Phi) is 4.92. The zero-order valence-electron chi connectivity index (χ0n) is 11.6. The number of ether oxygens (including phenoxy) is 1. The minimum atomic E-state index is -0.625. The number of esters is 1. The number of methoxy groups -OCH3 is 1. The van der Waals surface area contributed by atoms with Crippen LogP contribution in [-0.4, -0.2) is 56.7 Å². The first-order chi connectivity index (χ1) is 9.61. The van der Waals surface area contributed by atoms with Crippen LogP contribution in [0.5, 0.6) is 0 Å². The van der Waals surface area contributed by atoms with E-state index in [-0.39, 0.29) is 5.82 Å². The average Bonchev–Trinajstić information content (AvgIpc) is 2.48. The lowest BCUT2D eigenvalue weighted by molar-refractivity contribution is -0.142. The number of para-hydroxylation sites is 1. The first-order valence-corrected chi connectivity index (χ1v) is 6.67. The van der Waals surface area contributed by atoms with Crippen molar-refractivity contribution in [2.24, 2.45) is 5.73 Å². The summed E-state index contributed by atoms with van der Waals surface area (Å²) in [6, 6.07) is 6.14. The molecule has 0 saturated carbocycles. The van der Waals surface area contributed by atoms with Crippen molar-refractivity contribution in [2.75, 3.05) is 44.7 Å². The van der Waals surface area contributed by atoms with Gasteiger partial charge >= 0.3 is 5.97 Å². The number of nitrogens with two attached hydrogens (primary N) is 1. The van der Waals surface area contributed by atoms with Crippen LogP contribution in [0.3, 0.4) is 0 Å². The van der Waals surface area contributed by atoms with Gasteiger partial charge in [-0.05, 0) is 12.1 Å². The number of anilines is 1. The standard InChI is InChI=1S/C14H20FN3O2/c1-20-14(19)12(16)10-17-6-8-18(9-7-17)13-5-3-2-4-11(13)15/h2-5,12H,6-10,16H2,1H3. The number of nitrogens with zero attached hydrogens (tertiary/aromatic N) is 2. The van der Waals surface area contributed by atoms with Gasteiger partial charge in [0.15, 0.2) is 0 Å². The van der Waals surface area contributed by atoms with Crippen LogP contribution in [0.1, 0.15) is 0 Å². The molecule has 2 N–H and O–H groups in total. The molecule has 20 heavy (non-hydrogen) atoms. The van der Waals surface area contributed by atoms with Gasteiger partial charge in [-0.2, -0.15) is 0 Å². The Bertz CT molecular complexity index is 461. The molecule has 110 valence electrons. The van der Waals surface area contributed by atoms with Gasteiger partial charge in [0, 0.05) is 32.7 Å². The lowest BCUT2D eigenvalue weighted by Gasteiger charge is -2.36. The smallest absolute Gasteiger partial charge is 0.323 e. The van der Waals surface area contributed by atoms with Crippen LogP contribution in [0, 0.1) is 5.82 Å². The van der Waals surface area contributed by atoms with E-state index in [1.807, 2.05) is 11.0 Å². The van der Waals surface area contributed by atoms with Crippen molar-refractivity contribution >= 4 is 11.7 Å². The van der Waals surface area contributed by atoms with E-state index in [2.05, 4.69) is 9.64 Å². The largest absolute Gasteiger partial charge is 0.468 e. The summed E-state index contributed by atoms with van der Waals surface area (Å²) in [6.07, 6.45) is 0. The van der Waals surface area contributed by atoms with E-state index in [0.29, 0.717) is 12.2 Å². The second-order valence-corrected chi connectivity index (χ2v) is 4.87. The third-order valence-electron chi connectivity index (χ3n) is 3.52. The fraction of sp³-hybridized carbons (Fsp3) is 0.500. The Labute approximate surface area is 118 Å². The molecule has 1 heterocycles. The van der Waals surface area contributed by atoms with Crippen molar-refractivity contribution in [3.05, 3.63) is 30.1 Å². The molecule has 1 aliphatic rings. The van der Waals surface area contributed by atoms with E-state index in [0.717, 1.165) is 26.2 Å². The van der Waals surface area contributed by atoms with Crippen LogP contribution in [0.15, 0.2) is 24.3 Å². The summed E-state index contributed by atoms with van der Waals surface area (Å²) in [5, 5.41) is 0. The highest BCUT2D eigenvalue weighted by Gasteiger charge is 2.23. The highest BCUT2D eigenvalue weighted by atomic mass is 19.1. The van der Waals surface area contributed by atoms with Crippen LogP contribution in [0.4, 0.5) is 10.1 Å². The number of hydrogen-bond donors (Lipinski definition) is 1. The molecule has 1 fully saturated rings. The summed E-state index contributed by atoms with van der Waals surface area (Å²) >= 11 is 0. The normalized spacial score (nSPS) is 17.9. The second-order valence-electron chi connectivity index (χ2n) is 4.87. The number of hydrogen-bond acceptors (Lipinski definition) is 5. The maximum Gasteiger partial charge on any atom is 0.323 e. The molecule has 0 spiro atoms. The zero-order chi connectivity index (χ0) is 14.5. The molecule has 5 nitrogen and oxygen atoms in total. The minimum Gasteiger partial charge on any atom is -0.468 e. The van der Waals surface area contributed by atoms with E-state index in [9.17, 15) is 9.18 Å². The molecule has 6 heteroatoms. The summed E-state index contributed by atoms with van der Waals surface area (Å²) in [5.41, 5.74) is 6.37. The predicted molar refractivity (Wildman–Crippen MR) is 75.0 cm³/mol. The highest BCUT2D eigenvalue weighted by Crippen LogP contribution is 2.20. The molecule has 1 aromatic rings. The zero-order valence-corrected chi connectivity index (χ0v) is 11.6. The van der Waals surface area contributed by atoms with Gasteiger partial charge in [0.05, 0.1) is 12.8 Å². The SMILES string of the molecule is COC(=O)C(N)CN1CCN(c2ccccc2F)CC1. The number of piperazine rings is 1. The van der Waals surface area contributed by atoms with Crippen LogP contribution in [-0.2, 0) is 9.53 Å². The maximum absolute atomic E-state index is 13.7. The molecule has 0 amide bonds. The van der Waals surface area contributed by atoms with Crippen LogP contribution < -0.4 is 10.6 Å². The van der Waals surface area contributed by atoms with Crippen LogP contribution in [0.25, 0.3) is 0 Å². The van der Waals surface area contributed by atoms with Crippen molar-refractivity contribution in [1.82, 2.24) is 4.90 Å². The van der Waals surface area contributed by atoms with E-state index in [4.69, 9.17) is 5.73 Å². The summed E-state index contributed by atoms with van der Waals surface area (Å²) in [4.78, 5) is 15.4. The fourth-order valence-corrected chi connectivity index (χ4v) is 2.38. The van der Waals surface area contributed by atoms with Gasteiger partial charge < -0.3 is 15.4 Å². The van der Waals surface area contributed by atoms with Gasteiger partial charge in [-0.3, -0.25) is 9.69 Å². The molecule has 1 atom stereocenters. The molecule has 1 saturated heterocycles. The van der Waals surface area contributed by atoms with Gasteiger partial charge in [0.1, 0.15) is 11.9 Å². The second kappa shape index (κ2) is 6.67. The number of carbonyl (C=O) groups excluding carboxylic acids is 1. The first-order valence-electron chi connectivity index (χ1n) is 6.67. The third-order valence-corrected chi connectivity index (χ3v) is 3.52. The van der Waals surface area contributed by atoms with Crippen LogP contribution in [0.2, 0.25) is 0 Å². The Hall–Kier alpha value is -1.66. The first kappa shape index (κ1) is 14.7. The highest BCUT2D eigenvalue weighted by molar-refractivity contribution is 5.75. The van der Waals surface area contributed by atoms with E-state index in [1.54, 1.807) is 12.1 Å². The summed E-state index contributed by atoms with van der Waals surface area (Å²) < 4.78 is 18.3. The van der Waals surface area contributed by atoms with Gasteiger partial charge in [-0.25, -0.2) is 4.39 Å². The maximum atomic E-state index is 13.7. The summed E-state index contributed by atoms with van der Waals surface area (Å²) in [6.45, 7) is 3.40. The lowest BCUT2D eigenvalue weighted by Crippen LogP contribution is -2.51. The molecule has 2 rings (SSSR count). The van der Waals surface area contributed by atoms with E-state index >= 15 is 0 Å². The molecule has 0 aromatic heterocycles. The Morgan fingerprint density at radius 2 is 2.00 bits per heavy atom. The number of benzene rings is 1. The lowest BCUT2D eigenvalue weighted by atomic mass is 10.2. The molecular formula is C14H20FN3O2. The monoisotopic (exact) mass is 281 g/mol. The molecule has 1 aromatic carbocycles. The number of rotatable bonds is 4. The minimum absolute atomic E-state index is 0.202. The number of halogens is 1.